The fourth-order valence-electron chi connectivity index (χ4n) is 5.01. The maximum absolute atomic E-state index is 6.09. The third kappa shape index (κ3) is 6.72. The highest BCUT2D eigenvalue weighted by atomic mass is 16.5. The second-order valence-corrected chi connectivity index (χ2v) is 11.0. The van der Waals surface area contributed by atoms with Gasteiger partial charge in [-0.25, -0.2) is 0 Å². The van der Waals surface area contributed by atoms with Crippen molar-refractivity contribution in [3.8, 4) is 45.3 Å². The van der Waals surface area contributed by atoms with Gasteiger partial charge < -0.3 is 9.47 Å². The Kier molecular flexibility index (Phi) is 8.25. The molecule has 0 atom stereocenters. The molecule has 0 aromatic heterocycles. The molecule has 2 nitrogen and oxygen atoms in total. The van der Waals surface area contributed by atoms with Gasteiger partial charge in [-0.3, -0.25) is 0 Å². The summed E-state index contributed by atoms with van der Waals surface area (Å²) in [5.74, 6) is 3.04. The average molecular weight is 571 g/mol. The van der Waals surface area contributed by atoms with Gasteiger partial charge in [0.25, 0.3) is 0 Å². The zero-order valence-electron chi connectivity index (χ0n) is 25.1. The topological polar surface area (TPSA) is 18.5 Å². The van der Waals surface area contributed by atoms with Gasteiger partial charge in [0.2, 0.25) is 0 Å². The van der Waals surface area contributed by atoms with Crippen LogP contribution >= 0.6 is 0 Å². The lowest BCUT2D eigenvalue weighted by Crippen LogP contribution is -1.89. The summed E-state index contributed by atoms with van der Waals surface area (Å²) in [7, 11) is 0. The molecule has 0 saturated heterocycles. The standard InChI is InChI=1S/C42H34O2/c1-29(2)32-9-13-36(14-10-32)37-15-11-33(12-16-37)31(4)34-17-21-39(22-18-34)43-41-25-27-42(28-26-41)44-40-23-19-38(20-24-40)35-7-5-30(3)6-8-35/h5-28H,1,4H2,2-3H3. The Morgan fingerprint density at radius 2 is 0.659 bits per heavy atom. The third-order valence-electron chi connectivity index (χ3n) is 7.68. The molecule has 0 aliphatic heterocycles. The second-order valence-electron chi connectivity index (χ2n) is 11.0. The van der Waals surface area contributed by atoms with Crippen LogP contribution in [0.5, 0.6) is 23.0 Å². The summed E-state index contributed by atoms with van der Waals surface area (Å²) >= 11 is 0. The van der Waals surface area contributed by atoms with Gasteiger partial charge in [0.15, 0.2) is 0 Å². The first-order valence-electron chi connectivity index (χ1n) is 14.7. The monoisotopic (exact) mass is 570 g/mol. The molecular weight excluding hydrogens is 536 g/mol. The molecule has 0 heterocycles. The second kappa shape index (κ2) is 12.7. The number of benzene rings is 6. The zero-order chi connectivity index (χ0) is 30.5. The fraction of sp³-hybridized carbons (Fsp3) is 0.0476. The van der Waals surface area contributed by atoms with Crippen molar-refractivity contribution in [3.05, 3.63) is 181 Å². The maximum Gasteiger partial charge on any atom is 0.127 e. The number of hydrogen-bond donors (Lipinski definition) is 0. The molecule has 0 fully saturated rings. The highest BCUT2D eigenvalue weighted by molar-refractivity contribution is 5.80. The summed E-state index contributed by atoms with van der Waals surface area (Å²) < 4.78 is 12.1. The van der Waals surface area contributed by atoms with Gasteiger partial charge >= 0.3 is 0 Å². The zero-order valence-corrected chi connectivity index (χ0v) is 25.1. The quantitative estimate of drug-likeness (QED) is 0.172. The molecular formula is C42H34O2. The summed E-state index contributed by atoms with van der Waals surface area (Å²) in [6.45, 7) is 12.5. The number of rotatable bonds is 9. The van der Waals surface area contributed by atoms with Gasteiger partial charge in [-0.2, -0.15) is 0 Å². The molecule has 6 aromatic carbocycles. The van der Waals surface area contributed by atoms with Crippen LogP contribution in [0.15, 0.2) is 159 Å². The predicted octanol–water partition coefficient (Wildman–Crippen LogP) is 12.0. The molecule has 0 bridgehead atoms. The average Bonchev–Trinajstić information content (AvgIpc) is 3.06. The van der Waals surface area contributed by atoms with Crippen molar-refractivity contribution in [1.82, 2.24) is 0 Å². The molecule has 214 valence electrons. The normalized spacial score (nSPS) is 10.7. The van der Waals surface area contributed by atoms with Crippen LogP contribution in [0.3, 0.4) is 0 Å². The van der Waals surface area contributed by atoms with Crippen molar-refractivity contribution in [3.63, 3.8) is 0 Å². The molecule has 0 unspecified atom stereocenters. The van der Waals surface area contributed by atoms with Crippen LogP contribution in [-0.4, -0.2) is 0 Å². The molecule has 44 heavy (non-hydrogen) atoms. The number of allylic oxidation sites excluding steroid dienone is 1. The molecule has 6 rings (SSSR count). The highest BCUT2D eigenvalue weighted by Crippen LogP contribution is 2.31. The van der Waals surface area contributed by atoms with E-state index in [4.69, 9.17) is 9.47 Å². The van der Waals surface area contributed by atoms with Gasteiger partial charge in [-0.05, 0) is 107 Å². The number of ether oxygens (including phenoxy) is 2. The Hall–Kier alpha value is -5.60. The van der Waals surface area contributed by atoms with Crippen molar-refractivity contribution in [2.75, 3.05) is 0 Å². The molecule has 0 aliphatic rings. The summed E-state index contributed by atoms with van der Waals surface area (Å²) in [5.41, 5.74) is 11.3. The minimum absolute atomic E-state index is 0.741. The SMILES string of the molecule is C=C(C)c1ccc(-c2ccc(C(=C)c3ccc(Oc4ccc(Oc5ccc(-c6ccc(C)cc6)cc5)cc4)cc3)cc2)cc1. The van der Waals surface area contributed by atoms with Crippen molar-refractivity contribution in [1.29, 1.82) is 0 Å². The first-order valence-corrected chi connectivity index (χ1v) is 14.7. The largest absolute Gasteiger partial charge is 0.457 e. The van der Waals surface area contributed by atoms with Crippen molar-refractivity contribution >= 4 is 11.1 Å². The van der Waals surface area contributed by atoms with E-state index in [1.807, 2.05) is 67.6 Å². The van der Waals surface area contributed by atoms with E-state index < -0.39 is 0 Å². The molecule has 6 aromatic rings. The van der Waals surface area contributed by atoms with Gasteiger partial charge in [0.1, 0.15) is 23.0 Å². The Morgan fingerprint density at radius 3 is 1.05 bits per heavy atom. The van der Waals surface area contributed by atoms with Gasteiger partial charge in [0, 0.05) is 0 Å². The summed E-state index contributed by atoms with van der Waals surface area (Å²) in [6, 6.07) is 49.4. The lowest BCUT2D eigenvalue weighted by molar-refractivity contribution is 0.469. The Bertz CT molecular complexity index is 1880. The molecule has 0 N–H and O–H groups in total. The van der Waals surface area contributed by atoms with E-state index in [9.17, 15) is 0 Å². The van der Waals surface area contributed by atoms with Crippen LogP contribution in [-0.2, 0) is 0 Å². The predicted molar refractivity (Wildman–Crippen MR) is 184 cm³/mol. The van der Waals surface area contributed by atoms with Crippen LogP contribution in [0.25, 0.3) is 33.4 Å². The van der Waals surface area contributed by atoms with E-state index in [0.29, 0.717) is 0 Å². The maximum atomic E-state index is 6.09. The minimum Gasteiger partial charge on any atom is -0.457 e. The van der Waals surface area contributed by atoms with Crippen LogP contribution in [0.4, 0.5) is 0 Å². The summed E-state index contributed by atoms with van der Waals surface area (Å²) in [4.78, 5) is 0. The number of aryl methyl sites for hydroxylation is 1. The molecule has 0 amide bonds. The highest BCUT2D eigenvalue weighted by Gasteiger charge is 2.07. The van der Waals surface area contributed by atoms with Crippen LogP contribution in [0.1, 0.15) is 29.2 Å². The van der Waals surface area contributed by atoms with E-state index >= 15 is 0 Å². The molecule has 0 radical (unpaired) electrons. The van der Waals surface area contributed by atoms with Crippen molar-refractivity contribution in [2.24, 2.45) is 0 Å². The van der Waals surface area contributed by atoms with Crippen molar-refractivity contribution < 1.29 is 9.47 Å². The molecule has 2 heteroatoms. The van der Waals surface area contributed by atoms with E-state index in [1.165, 1.54) is 22.3 Å². The van der Waals surface area contributed by atoms with E-state index in [0.717, 1.165) is 56.4 Å². The van der Waals surface area contributed by atoms with Crippen LogP contribution in [0.2, 0.25) is 0 Å². The Morgan fingerprint density at radius 1 is 0.386 bits per heavy atom. The number of hydrogen-bond acceptors (Lipinski definition) is 2. The Labute approximate surface area is 260 Å². The Balaban J connectivity index is 1.05. The van der Waals surface area contributed by atoms with Crippen molar-refractivity contribution in [2.45, 2.75) is 13.8 Å². The molecule has 0 aliphatic carbocycles. The van der Waals surface area contributed by atoms with Gasteiger partial charge in [0.05, 0.1) is 0 Å². The lowest BCUT2D eigenvalue weighted by Gasteiger charge is -2.11. The molecule has 0 saturated carbocycles. The first kappa shape index (κ1) is 28.5. The summed E-state index contributed by atoms with van der Waals surface area (Å²) in [5, 5.41) is 0. The smallest absolute Gasteiger partial charge is 0.127 e. The van der Waals surface area contributed by atoms with Gasteiger partial charge in [-0.15, -0.1) is 0 Å². The van der Waals surface area contributed by atoms with Gasteiger partial charge in [-0.1, -0.05) is 121 Å². The van der Waals surface area contributed by atoms with E-state index in [1.54, 1.807) is 0 Å². The molecule has 0 spiro atoms. The lowest BCUT2D eigenvalue weighted by atomic mass is 9.96. The summed E-state index contributed by atoms with van der Waals surface area (Å²) in [6.07, 6.45) is 0. The third-order valence-corrected chi connectivity index (χ3v) is 7.68. The van der Waals surface area contributed by atoms with E-state index in [-0.39, 0.29) is 0 Å². The fourth-order valence-corrected chi connectivity index (χ4v) is 5.01. The first-order chi connectivity index (χ1) is 21.4. The minimum atomic E-state index is 0.741. The van der Waals surface area contributed by atoms with E-state index in [2.05, 4.69) is 105 Å². The van der Waals surface area contributed by atoms with Crippen LogP contribution in [0, 0.1) is 6.92 Å². The van der Waals surface area contributed by atoms with Crippen LogP contribution < -0.4 is 9.47 Å².